The Morgan fingerprint density at radius 2 is 1.76 bits per heavy atom. The average molecular weight is 475 g/mol. The second-order valence-electron chi connectivity index (χ2n) is 8.31. The van der Waals surface area contributed by atoms with Gasteiger partial charge < -0.3 is 15.0 Å². The molecule has 2 amide bonds. The van der Waals surface area contributed by atoms with E-state index in [-0.39, 0.29) is 23.2 Å². The number of nitrogens with one attached hydrogen (secondary N) is 1. The number of carbonyl (C=O) groups is 2. The molecule has 0 radical (unpaired) electrons. The van der Waals surface area contributed by atoms with Crippen LogP contribution in [0.25, 0.3) is 0 Å². The molecule has 4 rings (SSSR count). The molecule has 2 atom stereocenters. The van der Waals surface area contributed by atoms with Crippen molar-refractivity contribution in [3.8, 4) is 5.75 Å². The summed E-state index contributed by atoms with van der Waals surface area (Å²) in [5.74, 6) is 1.35. The molecular weight excluding hydrogens is 444 g/mol. The molecule has 3 aromatic rings. The Labute approximate surface area is 205 Å². The molecule has 1 fully saturated rings. The van der Waals surface area contributed by atoms with Gasteiger partial charge in [-0.05, 0) is 61.2 Å². The van der Waals surface area contributed by atoms with Gasteiger partial charge in [0.25, 0.3) is 5.91 Å². The van der Waals surface area contributed by atoms with Crippen LogP contribution in [0, 0.1) is 0 Å². The Morgan fingerprint density at radius 1 is 1.06 bits per heavy atom. The van der Waals surface area contributed by atoms with Crippen LogP contribution in [0.15, 0.2) is 78.9 Å². The number of hydrogen-bond acceptors (Lipinski definition) is 4. The van der Waals surface area contributed by atoms with E-state index in [0.717, 1.165) is 23.3 Å². The lowest BCUT2D eigenvalue weighted by molar-refractivity contribution is -0.128. The predicted octanol–water partition coefficient (Wildman–Crippen LogP) is 5.39. The topological polar surface area (TPSA) is 58.6 Å². The monoisotopic (exact) mass is 474 g/mol. The van der Waals surface area contributed by atoms with Crippen LogP contribution < -0.4 is 10.1 Å². The molecule has 0 unspecified atom stereocenters. The summed E-state index contributed by atoms with van der Waals surface area (Å²) in [6.07, 6.45) is 0.827. The lowest BCUT2D eigenvalue weighted by atomic mass is 10.1. The van der Waals surface area contributed by atoms with E-state index in [4.69, 9.17) is 4.74 Å². The van der Waals surface area contributed by atoms with Crippen molar-refractivity contribution in [1.82, 2.24) is 10.2 Å². The zero-order valence-electron chi connectivity index (χ0n) is 19.6. The molecule has 1 aliphatic heterocycles. The van der Waals surface area contributed by atoms with Gasteiger partial charge in [-0.2, -0.15) is 0 Å². The zero-order valence-corrected chi connectivity index (χ0v) is 20.4. The van der Waals surface area contributed by atoms with Crippen molar-refractivity contribution in [1.29, 1.82) is 0 Å². The zero-order chi connectivity index (χ0) is 23.9. The van der Waals surface area contributed by atoms with Gasteiger partial charge in [0.05, 0.1) is 18.4 Å². The standard InChI is InChI=1S/C28H30N2O3S/c1-3-33-25-15-13-22(14-16-25)20(2)29-27(32)23-9-11-24(12-10-23)28-30(26(31)19-34-28)18-17-21-7-5-4-6-8-21/h4-16,20,28H,3,17-19H2,1-2H3,(H,29,32)/t20-,28-/m0/s1. The number of hydrogen-bond donors (Lipinski definition) is 1. The summed E-state index contributed by atoms with van der Waals surface area (Å²) in [5.41, 5.74) is 3.88. The van der Waals surface area contributed by atoms with Gasteiger partial charge in [-0.25, -0.2) is 0 Å². The summed E-state index contributed by atoms with van der Waals surface area (Å²) in [6.45, 7) is 5.23. The number of rotatable bonds is 9. The first-order valence-electron chi connectivity index (χ1n) is 11.6. The van der Waals surface area contributed by atoms with Gasteiger partial charge in [0.2, 0.25) is 5.91 Å². The van der Waals surface area contributed by atoms with E-state index in [0.29, 0.717) is 24.5 Å². The molecule has 1 saturated heterocycles. The maximum atomic E-state index is 12.8. The molecule has 1 N–H and O–H groups in total. The van der Waals surface area contributed by atoms with Crippen LogP contribution in [0.3, 0.4) is 0 Å². The SMILES string of the molecule is CCOc1ccc([C@H](C)NC(=O)c2ccc([C@@H]3SCC(=O)N3CCc3ccccc3)cc2)cc1. The third kappa shape index (κ3) is 5.81. The second kappa shape index (κ2) is 11.3. The Morgan fingerprint density at radius 3 is 2.44 bits per heavy atom. The summed E-state index contributed by atoms with van der Waals surface area (Å²) in [6, 6.07) is 25.5. The normalized spacial score (nSPS) is 16.4. The van der Waals surface area contributed by atoms with Gasteiger partial charge in [-0.15, -0.1) is 11.8 Å². The summed E-state index contributed by atoms with van der Waals surface area (Å²) in [5, 5.41) is 3.04. The molecular formula is C28H30N2O3S. The number of amides is 2. The van der Waals surface area contributed by atoms with Crippen LogP contribution in [-0.4, -0.2) is 35.6 Å². The van der Waals surface area contributed by atoms with Gasteiger partial charge in [0.1, 0.15) is 11.1 Å². The van der Waals surface area contributed by atoms with Crippen LogP contribution in [0.5, 0.6) is 5.75 Å². The number of thioether (sulfide) groups is 1. The largest absolute Gasteiger partial charge is 0.494 e. The molecule has 34 heavy (non-hydrogen) atoms. The minimum Gasteiger partial charge on any atom is -0.494 e. The van der Waals surface area contributed by atoms with Crippen LogP contribution in [0.4, 0.5) is 0 Å². The Bertz CT molecular complexity index is 1100. The van der Waals surface area contributed by atoms with E-state index in [2.05, 4.69) is 17.4 Å². The Balaban J connectivity index is 1.37. The second-order valence-corrected chi connectivity index (χ2v) is 9.37. The highest BCUT2D eigenvalue weighted by Gasteiger charge is 2.32. The minimum atomic E-state index is -0.126. The highest BCUT2D eigenvalue weighted by molar-refractivity contribution is 8.00. The van der Waals surface area contributed by atoms with Crippen LogP contribution in [0.2, 0.25) is 0 Å². The van der Waals surface area contributed by atoms with Crippen LogP contribution >= 0.6 is 11.8 Å². The van der Waals surface area contributed by atoms with Gasteiger partial charge in [-0.1, -0.05) is 54.6 Å². The first-order chi connectivity index (χ1) is 16.5. The van der Waals surface area contributed by atoms with E-state index in [9.17, 15) is 9.59 Å². The third-order valence-corrected chi connectivity index (χ3v) is 7.21. The van der Waals surface area contributed by atoms with Gasteiger partial charge in [0.15, 0.2) is 0 Å². The number of carbonyl (C=O) groups excluding carboxylic acids is 2. The molecule has 0 bridgehead atoms. The molecule has 0 saturated carbocycles. The molecule has 1 heterocycles. The molecule has 5 nitrogen and oxygen atoms in total. The maximum absolute atomic E-state index is 12.8. The molecule has 176 valence electrons. The van der Waals surface area contributed by atoms with Crippen molar-refractivity contribution in [2.24, 2.45) is 0 Å². The molecule has 1 aliphatic rings. The van der Waals surface area contributed by atoms with E-state index < -0.39 is 0 Å². The number of ether oxygens (including phenoxy) is 1. The number of nitrogens with zero attached hydrogens (tertiary/aromatic N) is 1. The highest BCUT2D eigenvalue weighted by atomic mass is 32.2. The maximum Gasteiger partial charge on any atom is 0.251 e. The first kappa shape index (κ1) is 23.9. The fourth-order valence-corrected chi connectivity index (χ4v) is 5.27. The molecule has 6 heteroatoms. The van der Waals surface area contributed by atoms with E-state index in [1.165, 1.54) is 5.56 Å². The van der Waals surface area contributed by atoms with E-state index in [1.54, 1.807) is 11.8 Å². The summed E-state index contributed by atoms with van der Waals surface area (Å²) in [4.78, 5) is 27.2. The van der Waals surface area contributed by atoms with Crippen LogP contribution in [-0.2, 0) is 11.2 Å². The average Bonchev–Trinajstić information content (AvgIpc) is 3.24. The Hall–Kier alpha value is -3.25. The fraction of sp³-hybridized carbons (Fsp3) is 0.286. The molecule has 0 spiro atoms. The molecule has 0 aliphatic carbocycles. The number of benzene rings is 3. The summed E-state index contributed by atoms with van der Waals surface area (Å²) < 4.78 is 5.48. The van der Waals surface area contributed by atoms with Crippen molar-refractivity contribution < 1.29 is 14.3 Å². The predicted molar refractivity (Wildman–Crippen MR) is 137 cm³/mol. The van der Waals surface area contributed by atoms with Gasteiger partial charge in [0, 0.05) is 12.1 Å². The summed E-state index contributed by atoms with van der Waals surface area (Å²) >= 11 is 1.64. The van der Waals surface area contributed by atoms with Crippen molar-refractivity contribution in [3.63, 3.8) is 0 Å². The van der Waals surface area contributed by atoms with E-state index in [1.807, 2.05) is 85.5 Å². The van der Waals surface area contributed by atoms with E-state index >= 15 is 0 Å². The van der Waals surface area contributed by atoms with Gasteiger partial charge in [-0.3, -0.25) is 9.59 Å². The Kier molecular flexibility index (Phi) is 7.91. The molecule has 0 aromatic heterocycles. The lowest BCUT2D eigenvalue weighted by Gasteiger charge is -2.24. The van der Waals surface area contributed by atoms with Crippen molar-refractivity contribution >= 4 is 23.6 Å². The highest BCUT2D eigenvalue weighted by Crippen LogP contribution is 2.38. The van der Waals surface area contributed by atoms with Gasteiger partial charge >= 0.3 is 0 Å². The lowest BCUT2D eigenvalue weighted by Crippen LogP contribution is -2.30. The summed E-state index contributed by atoms with van der Waals surface area (Å²) in [7, 11) is 0. The van der Waals surface area contributed by atoms with Crippen molar-refractivity contribution in [3.05, 3.63) is 101 Å². The smallest absolute Gasteiger partial charge is 0.251 e. The van der Waals surface area contributed by atoms with Crippen LogP contribution in [0.1, 0.15) is 52.3 Å². The third-order valence-electron chi connectivity index (χ3n) is 5.95. The molecule has 3 aromatic carbocycles. The van der Waals surface area contributed by atoms with Crippen molar-refractivity contribution in [2.45, 2.75) is 31.7 Å². The quantitative estimate of drug-likeness (QED) is 0.452. The fourth-order valence-electron chi connectivity index (χ4n) is 4.05. The first-order valence-corrected chi connectivity index (χ1v) is 12.7. The van der Waals surface area contributed by atoms with Crippen molar-refractivity contribution in [2.75, 3.05) is 18.9 Å². The minimum absolute atomic E-state index is 0.0175.